The monoisotopic (exact) mass is 385 g/mol. The lowest BCUT2D eigenvalue weighted by molar-refractivity contribution is -0.140. The van der Waals surface area contributed by atoms with Crippen molar-refractivity contribution in [2.75, 3.05) is 13.6 Å². The summed E-state index contributed by atoms with van der Waals surface area (Å²) >= 11 is 0. The SMILES string of the molecule is CCC(=O)N(C)CC(=O)N1N=C(c2ccccc2F)C[C@@H]1c1ccc(F)cc1. The quantitative estimate of drug-likeness (QED) is 0.791. The molecule has 0 N–H and O–H groups in total. The highest BCUT2D eigenvalue weighted by molar-refractivity contribution is 6.03. The van der Waals surface area contributed by atoms with Crippen LogP contribution in [0.2, 0.25) is 0 Å². The van der Waals surface area contributed by atoms with Gasteiger partial charge in [-0.15, -0.1) is 0 Å². The molecule has 3 rings (SSSR count). The fourth-order valence-corrected chi connectivity index (χ4v) is 3.18. The van der Waals surface area contributed by atoms with Gasteiger partial charge in [-0.25, -0.2) is 13.8 Å². The summed E-state index contributed by atoms with van der Waals surface area (Å²) in [5.74, 6) is -1.36. The largest absolute Gasteiger partial charge is 0.336 e. The number of carbonyl (C=O) groups is 2. The van der Waals surface area contributed by atoms with E-state index in [1.165, 1.54) is 28.1 Å². The summed E-state index contributed by atoms with van der Waals surface area (Å²) in [5, 5.41) is 5.64. The Labute approximate surface area is 162 Å². The molecule has 5 nitrogen and oxygen atoms in total. The molecule has 2 amide bonds. The third-order valence-electron chi connectivity index (χ3n) is 4.71. The van der Waals surface area contributed by atoms with Crippen molar-refractivity contribution in [3.05, 3.63) is 71.3 Å². The van der Waals surface area contributed by atoms with E-state index in [2.05, 4.69) is 5.10 Å². The van der Waals surface area contributed by atoms with E-state index < -0.39 is 11.9 Å². The van der Waals surface area contributed by atoms with Crippen molar-refractivity contribution in [1.29, 1.82) is 0 Å². The second kappa shape index (κ2) is 8.29. The summed E-state index contributed by atoms with van der Waals surface area (Å²) in [6, 6.07) is 11.5. The number of nitrogens with zero attached hydrogens (tertiary/aromatic N) is 3. The molecule has 0 aromatic heterocycles. The Morgan fingerprint density at radius 3 is 2.46 bits per heavy atom. The van der Waals surface area contributed by atoms with Crippen molar-refractivity contribution in [2.45, 2.75) is 25.8 Å². The molecule has 0 aliphatic carbocycles. The van der Waals surface area contributed by atoms with Crippen molar-refractivity contribution >= 4 is 17.5 Å². The Balaban J connectivity index is 1.92. The van der Waals surface area contributed by atoms with Gasteiger partial charge >= 0.3 is 0 Å². The van der Waals surface area contributed by atoms with Crippen LogP contribution in [-0.4, -0.2) is 41.0 Å². The van der Waals surface area contributed by atoms with E-state index in [0.29, 0.717) is 23.3 Å². The number of likely N-dealkylation sites (N-methyl/N-ethyl adjacent to an activating group) is 1. The number of benzene rings is 2. The number of halogens is 2. The highest BCUT2D eigenvalue weighted by Crippen LogP contribution is 2.33. The molecule has 0 radical (unpaired) electrons. The Bertz CT molecular complexity index is 912. The third kappa shape index (κ3) is 4.08. The molecule has 2 aromatic rings. The normalized spacial score (nSPS) is 16.1. The van der Waals surface area contributed by atoms with Gasteiger partial charge in [0.05, 0.1) is 11.8 Å². The van der Waals surface area contributed by atoms with Gasteiger partial charge in [0.1, 0.15) is 18.2 Å². The summed E-state index contributed by atoms with van der Waals surface area (Å²) in [4.78, 5) is 26.0. The minimum absolute atomic E-state index is 0.140. The predicted molar refractivity (Wildman–Crippen MR) is 101 cm³/mol. The molecule has 146 valence electrons. The van der Waals surface area contributed by atoms with Crippen LogP contribution in [0.25, 0.3) is 0 Å². The van der Waals surface area contributed by atoms with Gasteiger partial charge in [0, 0.05) is 25.5 Å². The molecule has 1 atom stereocenters. The number of hydrogen-bond acceptors (Lipinski definition) is 3. The van der Waals surface area contributed by atoms with Gasteiger partial charge in [0.25, 0.3) is 5.91 Å². The molecular weight excluding hydrogens is 364 g/mol. The molecule has 0 fully saturated rings. The molecule has 0 saturated carbocycles. The molecule has 7 heteroatoms. The third-order valence-corrected chi connectivity index (χ3v) is 4.71. The molecular formula is C21H21F2N3O2. The van der Waals surface area contributed by atoms with Crippen molar-refractivity contribution in [3.63, 3.8) is 0 Å². The van der Waals surface area contributed by atoms with Crippen LogP contribution in [0.1, 0.15) is 36.9 Å². The van der Waals surface area contributed by atoms with Crippen LogP contribution < -0.4 is 0 Å². The topological polar surface area (TPSA) is 53.0 Å². The minimum Gasteiger partial charge on any atom is -0.336 e. The Kier molecular flexibility index (Phi) is 5.82. The lowest BCUT2D eigenvalue weighted by Gasteiger charge is -2.24. The molecule has 0 unspecified atom stereocenters. The highest BCUT2D eigenvalue weighted by Gasteiger charge is 2.34. The van der Waals surface area contributed by atoms with Crippen LogP contribution in [0.5, 0.6) is 0 Å². The summed E-state index contributed by atoms with van der Waals surface area (Å²) < 4.78 is 27.5. The van der Waals surface area contributed by atoms with Gasteiger partial charge in [-0.2, -0.15) is 5.10 Å². The van der Waals surface area contributed by atoms with Crippen LogP contribution in [0.15, 0.2) is 53.6 Å². The molecule has 28 heavy (non-hydrogen) atoms. The van der Waals surface area contributed by atoms with E-state index >= 15 is 0 Å². The zero-order valence-corrected chi connectivity index (χ0v) is 15.7. The van der Waals surface area contributed by atoms with Gasteiger partial charge in [0.2, 0.25) is 5.91 Å². The maximum atomic E-state index is 14.2. The molecule has 0 saturated heterocycles. The first-order chi connectivity index (χ1) is 13.4. The smallest absolute Gasteiger partial charge is 0.262 e. The zero-order chi connectivity index (χ0) is 20.3. The van der Waals surface area contributed by atoms with Crippen molar-refractivity contribution in [3.8, 4) is 0 Å². The lowest BCUT2D eigenvalue weighted by Crippen LogP contribution is -2.39. The first-order valence-electron chi connectivity index (χ1n) is 9.04. The van der Waals surface area contributed by atoms with Crippen LogP contribution in [0.3, 0.4) is 0 Å². The number of hydrogen-bond donors (Lipinski definition) is 0. The predicted octanol–water partition coefficient (Wildman–Crippen LogP) is 3.51. The Morgan fingerprint density at radius 1 is 1.14 bits per heavy atom. The summed E-state index contributed by atoms with van der Waals surface area (Å²) in [6.07, 6.45) is 0.582. The second-order valence-corrected chi connectivity index (χ2v) is 6.64. The summed E-state index contributed by atoms with van der Waals surface area (Å²) in [5.41, 5.74) is 1.45. The first-order valence-corrected chi connectivity index (χ1v) is 9.04. The van der Waals surface area contributed by atoms with Crippen LogP contribution >= 0.6 is 0 Å². The van der Waals surface area contributed by atoms with Gasteiger partial charge in [0.15, 0.2) is 0 Å². The van der Waals surface area contributed by atoms with Crippen molar-refractivity contribution < 1.29 is 18.4 Å². The maximum absolute atomic E-state index is 14.2. The van der Waals surface area contributed by atoms with Crippen molar-refractivity contribution in [1.82, 2.24) is 9.91 Å². The molecule has 1 heterocycles. The average Bonchev–Trinajstić information content (AvgIpc) is 3.13. The minimum atomic E-state index is -0.493. The maximum Gasteiger partial charge on any atom is 0.262 e. The molecule has 1 aliphatic rings. The fraction of sp³-hybridized carbons (Fsp3) is 0.286. The number of rotatable bonds is 5. The average molecular weight is 385 g/mol. The van der Waals surface area contributed by atoms with E-state index in [9.17, 15) is 18.4 Å². The molecule has 1 aliphatic heterocycles. The number of amides is 2. The van der Waals surface area contributed by atoms with Gasteiger partial charge < -0.3 is 4.90 Å². The first kappa shape index (κ1) is 19.7. The van der Waals surface area contributed by atoms with E-state index in [1.807, 2.05) is 0 Å². The van der Waals surface area contributed by atoms with Crippen LogP contribution in [0, 0.1) is 11.6 Å². The van der Waals surface area contributed by atoms with Crippen LogP contribution in [0.4, 0.5) is 8.78 Å². The molecule has 2 aromatic carbocycles. The summed E-state index contributed by atoms with van der Waals surface area (Å²) in [7, 11) is 1.55. The lowest BCUT2D eigenvalue weighted by atomic mass is 9.98. The van der Waals surface area contributed by atoms with E-state index in [1.54, 1.807) is 44.3 Å². The Hall–Kier alpha value is -3.09. The van der Waals surface area contributed by atoms with E-state index in [-0.39, 0.29) is 30.6 Å². The fourth-order valence-electron chi connectivity index (χ4n) is 3.18. The van der Waals surface area contributed by atoms with Gasteiger partial charge in [-0.3, -0.25) is 9.59 Å². The van der Waals surface area contributed by atoms with Crippen LogP contribution in [-0.2, 0) is 9.59 Å². The zero-order valence-electron chi connectivity index (χ0n) is 15.7. The second-order valence-electron chi connectivity index (χ2n) is 6.64. The van der Waals surface area contributed by atoms with Gasteiger partial charge in [-0.1, -0.05) is 37.3 Å². The Morgan fingerprint density at radius 2 is 1.82 bits per heavy atom. The van der Waals surface area contributed by atoms with Crippen molar-refractivity contribution in [2.24, 2.45) is 5.10 Å². The highest BCUT2D eigenvalue weighted by atomic mass is 19.1. The number of carbonyl (C=O) groups excluding carboxylic acids is 2. The van der Waals surface area contributed by atoms with E-state index in [4.69, 9.17) is 0 Å². The standard InChI is InChI=1S/C21H21F2N3O2/c1-3-20(27)25(2)13-21(28)26-19(14-8-10-15(22)11-9-14)12-18(24-26)16-6-4-5-7-17(16)23/h4-11,19H,3,12-13H2,1-2H3/t19-/m1/s1. The van der Waals surface area contributed by atoms with Gasteiger partial charge in [-0.05, 0) is 23.8 Å². The number of hydrazone groups is 1. The molecule has 0 spiro atoms. The van der Waals surface area contributed by atoms with E-state index in [0.717, 1.165) is 0 Å². The molecule has 0 bridgehead atoms. The summed E-state index contributed by atoms with van der Waals surface area (Å²) in [6.45, 7) is 1.58.